The van der Waals surface area contributed by atoms with E-state index in [-0.39, 0.29) is 5.82 Å². The van der Waals surface area contributed by atoms with Crippen molar-refractivity contribution in [2.45, 2.75) is 38.0 Å². The fourth-order valence-corrected chi connectivity index (χ4v) is 2.94. The Morgan fingerprint density at radius 3 is 2.53 bits per heavy atom. The fourth-order valence-electron chi connectivity index (χ4n) is 2.94. The summed E-state index contributed by atoms with van der Waals surface area (Å²) in [7, 11) is 0. The van der Waals surface area contributed by atoms with Gasteiger partial charge in [0, 0.05) is 24.9 Å². The van der Waals surface area contributed by atoms with E-state index in [2.05, 4.69) is 0 Å². The maximum atomic E-state index is 13.0. The van der Waals surface area contributed by atoms with E-state index >= 15 is 0 Å². The summed E-state index contributed by atoms with van der Waals surface area (Å²) >= 11 is 0. The Balaban J connectivity index is 1.73. The van der Waals surface area contributed by atoms with E-state index in [9.17, 15) is 9.18 Å². The summed E-state index contributed by atoms with van der Waals surface area (Å²) in [6.07, 6.45) is 5.47. The van der Waals surface area contributed by atoms with E-state index in [1.54, 1.807) is 0 Å². The third kappa shape index (κ3) is 2.96. The molecule has 1 aromatic carbocycles. The summed E-state index contributed by atoms with van der Waals surface area (Å²) < 4.78 is 13.0. The van der Waals surface area contributed by atoms with Crippen LogP contribution >= 0.6 is 0 Å². The smallest absolute Gasteiger partial charge is 0.225 e. The highest BCUT2D eigenvalue weighted by atomic mass is 19.1. The standard InChI is InChI=1S/C16H20FNO/c17-15-8-6-12(7-9-15)14-3-1-2-10-18(11-14)16(19)13-4-5-13/h6-9,13-14H,1-5,10-11H2. The monoisotopic (exact) mass is 261 g/mol. The summed E-state index contributed by atoms with van der Waals surface area (Å²) in [5.74, 6) is 0.815. The molecular weight excluding hydrogens is 241 g/mol. The first-order valence-corrected chi connectivity index (χ1v) is 7.28. The van der Waals surface area contributed by atoms with Gasteiger partial charge in [-0.05, 0) is 43.4 Å². The molecule has 0 N–H and O–H groups in total. The molecule has 1 aromatic rings. The number of benzene rings is 1. The molecule has 0 radical (unpaired) electrons. The molecule has 1 aliphatic heterocycles. The average Bonchev–Trinajstić information content (AvgIpc) is 3.26. The van der Waals surface area contributed by atoms with Gasteiger partial charge in [-0.3, -0.25) is 4.79 Å². The topological polar surface area (TPSA) is 20.3 Å². The summed E-state index contributed by atoms with van der Waals surface area (Å²) in [5, 5.41) is 0. The van der Waals surface area contributed by atoms with Crippen LogP contribution in [0.5, 0.6) is 0 Å². The Morgan fingerprint density at radius 2 is 1.84 bits per heavy atom. The van der Waals surface area contributed by atoms with Crippen molar-refractivity contribution in [3.63, 3.8) is 0 Å². The average molecular weight is 261 g/mol. The van der Waals surface area contributed by atoms with Crippen molar-refractivity contribution in [3.05, 3.63) is 35.6 Å². The lowest BCUT2D eigenvalue weighted by Gasteiger charge is -2.25. The van der Waals surface area contributed by atoms with Gasteiger partial charge < -0.3 is 4.90 Å². The van der Waals surface area contributed by atoms with E-state index in [1.807, 2.05) is 17.0 Å². The van der Waals surface area contributed by atoms with Crippen LogP contribution in [0.25, 0.3) is 0 Å². The van der Waals surface area contributed by atoms with Crippen molar-refractivity contribution in [3.8, 4) is 0 Å². The van der Waals surface area contributed by atoms with Crippen LogP contribution in [0.1, 0.15) is 43.6 Å². The van der Waals surface area contributed by atoms with Crippen LogP contribution in [0.2, 0.25) is 0 Å². The van der Waals surface area contributed by atoms with Crippen molar-refractivity contribution in [1.29, 1.82) is 0 Å². The molecule has 1 amide bonds. The first-order chi connectivity index (χ1) is 9.24. The van der Waals surface area contributed by atoms with Gasteiger partial charge in [-0.15, -0.1) is 0 Å². The minimum atomic E-state index is -0.191. The predicted octanol–water partition coefficient (Wildman–Crippen LogP) is 3.33. The molecule has 0 aromatic heterocycles. The lowest BCUT2D eigenvalue weighted by atomic mass is 9.94. The molecule has 1 aliphatic carbocycles. The van der Waals surface area contributed by atoms with Crippen molar-refractivity contribution < 1.29 is 9.18 Å². The van der Waals surface area contributed by atoms with Crippen LogP contribution in [0.4, 0.5) is 4.39 Å². The number of hydrogen-bond donors (Lipinski definition) is 0. The van der Waals surface area contributed by atoms with Gasteiger partial charge in [-0.2, -0.15) is 0 Å². The van der Waals surface area contributed by atoms with Gasteiger partial charge in [0.15, 0.2) is 0 Å². The highest BCUT2D eigenvalue weighted by Gasteiger charge is 2.34. The van der Waals surface area contributed by atoms with Gasteiger partial charge in [0.05, 0.1) is 0 Å². The minimum Gasteiger partial charge on any atom is -0.342 e. The van der Waals surface area contributed by atoms with Crippen molar-refractivity contribution in [2.24, 2.45) is 5.92 Å². The third-order valence-corrected chi connectivity index (χ3v) is 4.25. The molecule has 1 heterocycles. The van der Waals surface area contributed by atoms with Crippen LogP contribution in [0.3, 0.4) is 0 Å². The second-order valence-corrected chi connectivity index (χ2v) is 5.80. The highest BCUT2D eigenvalue weighted by Crippen LogP contribution is 2.34. The molecule has 0 bridgehead atoms. The molecule has 3 heteroatoms. The molecule has 1 atom stereocenters. The van der Waals surface area contributed by atoms with Gasteiger partial charge in [0.2, 0.25) is 5.91 Å². The number of amides is 1. The number of halogens is 1. The number of carbonyl (C=O) groups is 1. The Bertz CT molecular complexity index is 452. The van der Waals surface area contributed by atoms with E-state index in [0.717, 1.165) is 50.8 Å². The Hall–Kier alpha value is -1.38. The largest absolute Gasteiger partial charge is 0.342 e. The van der Waals surface area contributed by atoms with Gasteiger partial charge >= 0.3 is 0 Å². The maximum Gasteiger partial charge on any atom is 0.225 e. The molecule has 2 aliphatic rings. The zero-order chi connectivity index (χ0) is 13.2. The number of rotatable bonds is 2. The molecular formula is C16H20FNO. The quantitative estimate of drug-likeness (QED) is 0.799. The van der Waals surface area contributed by atoms with Gasteiger partial charge in [-0.25, -0.2) is 4.39 Å². The predicted molar refractivity (Wildman–Crippen MR) is 72.3 cm³/mol. The number of nitrogens with zero attached hydrogens (tertiary/aromatic N) is 1. The summed E-state index contributed by atoms with van der Waals surface area (Å²) in [6.45, 7) is 1.70. The fraction of sp³-hybridized carbons (Fsp3) is 0.562. The number of carbonyl (C=O) groups excluding carboxylic acids is 1. The number of likely N-dealkylation sites (tertiary alicyclic amines) is 1. The minimum absolute atomic E-state index is 0.191. The third-order valence-electron chi connectivity index (χ3n) is 4.25. The summed E-state index contributed by atoms with van der Waals surface area (Å²) in [4.78, 5) is 14.3. The molecule has 1 saturated heterocycles. The summed E-state index contributed by atoms with van der Waals surface area (Å²) in [6, 6.07) is 6.77. The second-order valence-electron chi connectivity index (χ2n) is 5.80. The van der Waals surface area contributed by atoms with Crippen LogP contribution in [-0.4, -0.2) is 23.9 Å². The van der Waals surface area contributed by atoms with E-state index in [4.69, 9.17) is 0 Å². The molecule has 1 saturated carbocycles. The van der Waals surface area contributed by atoms with E-state index < -0.39 is 0 Å². The lowest BCUT2D eigenvalue weighted by Crippen LogP contribution is -2.35. The number of hydrogen-bond acceptors (Lipinski definition) is 1. The Labute approximate surface area is 113 Å². The SMILES string of the molecule is O=C(C1CC1)N1CCCCC(c2ccc(F)cc2)C1. The molecule has 2 fully saturated rings. The van der Waals surface area contributed by atoms with E-state index in [1.165, 1.54) is 12.1 Å². The second kappa shape index (κ2) is 5.32. The van der Waals surface area contributed by atoms with Crippen molar-refractivity contribution in [1.82, 2.24) is 4.90 Å². The molecule has 2 nitrogen and oxygen atoms in total. The van der Waals surface area contributed by atoms with E-state index in [0.29, 0.717) is 17.7 Å². The lowest BCUT2D eigenvalue weighted by molar-refractivity contribution is -0.132. The van der Waals surface area contributed by atoms with Gasteiger partial charge in [0.25, 0.3) is 0 Å². The van der Waals surface area contributed by atoms with Crippen LogP contribution < -0.4 is 0 Å². The first-order valence-electron chi connectivity index (χ1n) is 7.28. The molecule has 102 valence electrons. The van der Waals surface area contributed by atoms with Crippen LogP contribution in [0, 0.1) is 11.7 Å². The van der Waals surface area contributed by atoms with Crippen LogP contribution in [0.15, 0.2) is 24.3 Å². The molecule has 0 spiro atoms. The van der Waals surface area contributed by atoms with Gasteiger partial charge in [0.1, 0.15) is 5.82 Å². The Kier molecular flexibility index (Phi) is 3.54. The van der Waals surface area contributed by atoms with Crippen molar-refractivity contribution in [2.75, 3.05) is 13.1 Å². The highest BCUT2D eigenvalue weighted by molar-refractivity contribution is 5.81. The zero-order valence-corrected chi connectivity index (χ0v) is 11.1. The van der Waals surface area contributed by atoms with Crippen molar-refractivity contribution >= 4 is 5.91 Å². The van der Waals surface area contributed by atoms with Gasteiger partial charge in [-0.1, -0.05) is 18.6 Å². The first kappa shape index (κ1) is 12.6. The summed E-state index contributed by atoms with van der Waals surface area (Å²) in [5.41, 5.74) is 1.16. The molecule has 1 unspecified atom stereocenters. The van der Waals surface area contributed by atoms with Crippen LogP contribution in [-0.2, 0) is 4.79 Å². The maximum absolute atomic E-state index is 13.0. The normalized spacial score (nSPS) is 24.1. The zero-order valence-electron chi connectivity index (χ0n) is 11.1. The Morgan fingerprint density at radius 1 is 1.11 bits per heavy atom. The molecule has 3 rings (SSSR count). The molecule has 19 heavy (non-hydrogen) atoms.